The van der Waals surface area contributed by atoms with Crippen molar-refractivity contribution in [2.45, 2.75) is 245 Å². The van der Waals surface area contributed by atoms with Gasteiger partial charge in [0.2, 0.25) is 5.91 Å². The molecule has 0 aliphatic heterocycles. The van der Waals surface area contributed by atoms with Crippen molar-refractivity contribution in [2.24, 2.45) is 0 Å². The topological polar surface area (TPSA) is 114 Å². The average molecular weight is 973 g/mol. The van der Waals surface area contributed by atoms with Gasteiger partial charge in [0.25, 0.3) is 7.82 Å². The first-order valence-electron chi connectivity index (χ1n) is 27.7. The number of hydrogen-bond donors (Lipinski definition) is 1. The van der Waals surface area contributed by atoms with Gasteiger partial charge < -0.3 is 28.5 Å². The SMILES string of the molecule is CC/C=C/C/C=C/C/C=C/CCCCCCC(=O)OC(/C=C/CCCCCCCCCCC)C(COP(=O)([O-])OCC[N+](C)(C)C)NC(=O)CCCCCCCCC/C=C\C/C=C\CCCCC. The molecule has 0 bridgehead atoms. The smallest absolute Gasteiger partial charge is 0.306 e. The molecule has 10 heteroatoms. The van der Waals surface area contributed by atoms with Gasteiger partial charge in [-0.1, -0.05) is 197 Å². The Kier molecular flexibility index (Phi) is 46.3. The molecule has 3 atom stereocenters. The lowest BCUT2D eigenvalue weighted by molar-refractivity contribution is -0.870. The minimum Gasteiger partial charge on any atom is -0.756 e. The molecule has 1 N–H and O–H groups in total. The molecule has 68 heavy (non-hydrogen) atoms. The van der Waals surface area contributed by atoms with E-state index in [1.807, 2.05) is 33.3 Å². The number of quaternary nitrogens is 1. The highest BCUT2D eigenvalue weighted by atomic mass is 31.2. The van der Waals surface area contributed by atoms with Crippen molar-refractivity contribution in [1.29, 1.82) is 0 Å². The first-order valence-corrected chi connectivity index (χ1v) is 29.2. The number of esters is 1. The van der Waals surface area contributed by atoms with Crippen LogP contribution in [-0.4, -0.2) is 69.4 Å². The number of ether oxygens (including phenoxy) is 1. The highest BCUT2D eigenvalue weighted by Gasteiger charge is 2.27. The minimum absolute atomic E-state index is 0.0304. The van der Waals surface area contributed by atoms with Gasteiger partial charge in [-0.05, 0) is 96.0 Å². The molecule has 0 aromatic rings. The van der Waals surface area contributed by atoms with E-state index in [0.29, 0.717) is 23.9 Å². The Morgan fingerprint density at radius 2 is 0.941 bits per heavy atom. The van der Waals surface area contributed by atoms with Crippen molar-refractivity contribution in [3.05, 3.63) is 72.9 Å². The van der Waals surface area contributed by atoms with Gasteiger partial charge in [-0.3, -0.25) is 14.2 Å². The second-order valence-corrected chi connectivity index (χ2v) is 21.1. The van der Waals surface area contributed by atoms with Gasteiger partial charge in [-0.2, -0.15) is 0 Å². The molecule has 0 spiro atoms. The highest BCUT2D eigenvalue weighted by molar-refractivity contribution is 7.45. The summed E-state index contributed by atoms with van der Waals surface area (Å²) in [6.07, 6.45) is 60.1. The van der Waals surface area contributed by atoms with Crippen LogP contribution in [0.4, 0.5) is 0 Å². The number of unbranched alkanes of at least 4 members (excludes halogenated alkanes) is 23. The van der Waals surface area contributed by atoms with Crippen molar-refractivity contribution < 1.29 is 37.3 Å². The van der Waals surface area contributed by atoms with Gasteiger partial charge in [-0.15, -0.1) is 0 Å². The molecule has 3 unspecified atom stereocenters. The number of hydrogen-bond acceptors (Lipinski definition) is 7. The quantitative estimate of drug-likeness (QED) is 0.0212. The van der Waals surface area contributed by atoms with Crippen molar-refractivity contribution in [2.75, 3.05) is 40.9 Å². The van der Waals surface area contributed by atoms with Crippen LogP contribution in [0.2, 0.25) is 0 Å². The molecular formula is C58H105N2O7P. The summed E-state index contributed by atoms with van der Waals surface area (Å²) in [5, 5.41) is 3.00. The number of phosphoric acid groups is 1. The predicted molar refractivity (Wildman–Crippen MR) is 288 cm³/mol. The Bertz CT molecular complexity index is 1400. The number of carbonyl (C=O) groups is 2. The first-order chi connectivity index (χ1) is 32.9. The van der Waals surface area contributed by atoms with Crippen LogP contribution in [0.1, 0.15) is 233 Å². The standard InChI is InChI=1S/C58H105N2O7P/c1-7-10-13-16-19-22-25-27-29-30-31-32-35-38-41-44-47-50-57(61)59-55(54-66-68(63,64)65-53-52-60(4,5)6)56(49-46-43-40-37-34-24-21-18-15-12-9-3)67-58(62)51-48-45-42-39-36-33-28-26-23-20-17-14-11-8-2/h11,14,19-20,22-23,27-29,33,46,49,55-56H,7-10,12-13,15-18,21,24-26,30-32,34-45,47-48,50-54H2,1-6H3,(H-,59,61,63,64)/b14-11+,22-19-,23-20+,29-27-,33-28+,49-46+. The fourth-order valence-corrected chi connectivity index (χ4v) is 8.29. The summed E-state index contributed by atoms with van der Waals surface area (Å²) in [4.78, 5) is 39.8. The van der Waals surface area contributed by atoms with Gasteiger partial charge in [0.1, 0.15) is 19.3 Å². The largest absolute Gasteiger partial charge is 0.756 e. The Morgan fingerprint density at radius 3 is 1.44 bits per heavy atom. The molecule has 0 saturated carbocycles. The molecule has 0 aromatic carbocycles. The second kappa shape index (κ2) is 48.1. The Balaban J connectivity index is 5.39. The maximum absolute atomic E-state index is 13.5. The summed E-state index contributed by atoms with van der Waals surface area (Å²) < 4.78 is 30.1. The molecule has 0 heterocycles. The molecule has 394 valence electrons. The maximum Gasteiger partial charge on any atom is 0.306 e. The van der Waals surface area contributed by atoms with Crippen LogP contribution in [0, 0.1) is 0 Å². The van der Waals surface area contributed by atoms with Crippen molar-refractivity contribution in [3.63, 3.8) is 0 Å². The Morgan fingerprint density at radius 1 is 0.529 bits per heavy atom. The molecule has 9 nitrogen and oxygen atoms in total. The monoisotopic (exact) mass is 973 g/mol. The zero-order valence-electron chi connectivity index (χ0n) is 44.8. The second-order valence-electron chi connectivity index (χ2n) is 19.7. The van der Waals surface area contributed by atoms with E-state index < -0.39 is 26.6 Å². The van der Waals surface area contributed by atoms with E-state index in [4.69, 9.17) is 13.8 Å². The van der Waals surface area contributed by atoms with E-state index in [9.17, 15) is 19.0 Å². The van der Waals surface area contributed by atoms with Gasteiger partial charge in [0, 0.05) is 12.8 Å². The van der Waals surface area contributed by atoms with E-state index in [2.05, 4.69) is 86.8 Å². The van der Waals surface area contributed by atoms with E-state index in [0.717, 1.165) is 103 Å². The molecule has 0 radical (unpaired) electrons. The van der Waals surface area contributed by atoms with Gasteiger partial charge in [0.05, 0.1) is 33.8 Å². The van der Waals surface area contributed by atoms with Crippen molar-refractivity contribution in [3.8, 4) is 0 Å². The molecule has 0 aliphatic rings. The number of phosphoric ester groups is 1. The Hall–Kier alpha value is -2.55. The number of allylic oxidation sites excluding steroid dienone is 11. The summed E-state index contributed by atoms with van der Waals surface area (Å²) in [6, 6.07) is -0.902. The van der Waals surface area contributed by atoms with Gasteiger partial charge in [-0.25, -0.2) is 0 Å². The summed E-state index contributed by atoms with van der Waals surface area (Å²) in [5.41, 5.74) is 0. The van der Waals surface area contributed by atoms with Crippen LogP contribution < -0.4 is 10.2 Å². The number of nitrogens with one attached hydrogen (secondary N) is 1. The summed E-state index contributed by atoms with van der Waals surface area (Å²) >= 11 is 0. The third-order valence-corrected chi connectivity index (χ3v) is 12.8. The van der Waals surface area contributed by atoms with E-state index in [1.165, 1.54) is 89.9 Å². The lowest BCUT2D eigenvalue weighted by atomic mass is 10.1. The molecule has 0 aliphatic carbocycles. The van der Waals surface area contributed by atoms with Crippen LogP contribution in [0.15, 0.2) is 72.9 Å². The first kappa shape index (κ1) is 65.5. The lowest BCUT2D eigenvalue weighted by Gasteiger charge is -2.30. The summed E-state index contributed by atoms with van der Waals surface area (Å²) in [5.74, 6) is -0.580. The molecule has 1 amide bonds. The van der Waals surface area contributed by atoms with Crippen LogP contribution in [0.3, 0.4) is 0 Å². The van der Waals surface area contributed by atoms with E-state index in [-0.39, 0.29) is 24.9 Å². The van der Waals surface area contributed by atoms with Crippen LogP contribution in [0.5, 0.6) is 0 Å². The third-order valence-electron chi connectivity index (χ3n) is 11.9. The zero-order valence-corrected chi connectivity index (χ0v) is 45.7. The third kappa shape index (κ3) is 48.5. The number of likely N-dealkylation sites (N-methyl/N-ethyl adjacent to an activating group) is 1. The van der Waals surface area contributed by atoms with Gasteiger partial charge in [0.15, 0.2) is 0 Å². The number of amides is 1. The van der Waals surface area contributed by atoms with Crippen molar-refractivity contribution in [1.82, 2.24) is 5.32 Å². The molecule has 0 rings (SSSR count). The number of carbonyl (C=O) groups excluding carboxylic acids is 2. The predicted octanol–water partition coefficient (Wildman–Crippen LogP) is 15.9. The molecule has 0 aromatic heterocycles. The maximum atomic E-state index is 13.5. The summed E-state index contributed by atoms with van der Waals surface area (Å²) in [6.45, 7) is 6.66. The Labute approximate surface area is 419 Å². The van der Waals surface area contributed by atoms with Gasteiger partial charge >= 0.3 is 5.97 Å². The number of rotatable bonds is 49. The zero-order chi connectivity index (χ0) is 50.1. The van der Waals surface area contributed by atoms with Crippen LogP contribution in [0.25, 0.3) is 0 Å². The number of nitrogens with zero attached hydrogens (tertiary/aromatic N) is 1. The molecule has 0 saturated heterocycles. The molecule has 0 fully saturated rings. The van der Waals surface area contributed by atoms with Crippen LogP contribution in [-0.2, 0) is 27.9 Å². The summed E-state index contributed by atoms with van der Waals surface area (Å²) in [7, 11) is 1.16. The highest BCUT2D eigenvalue weighted by Crippen LogP contribution is 2.38. The fourth-order valence-electron chi connectivity index (χ4n) is 7.56. The van der Waals surface area contributed by atoms with E-state index in [1.54, 1.807) is 0 Å². The normalized spacial score (nSPS) is 14.4. The average Bonchev–Trinajstić information content (AvgIpc) is 3.29. The van der Waals surface area contributed by atoms with Crippen molar-refractivity contribution >= 4 is 19.7 Å². The fraction of sp³-hybridized carbons (Fsp3) is 0.759. The molecular weight excluding hydrogens is 868 g/mol. The lowest BCUT2D eigenvalue weighted by Crippen LogP contribution is -2.47. The minimum atomic E-state index is -4.70. The van der Waals surface area contributed by atoms with E-state index >= 15 is 0 Å². The van der Waals surface area contributed by atoms with Crippen LogP contribution >= 0.6 is 7.82 Å².